The van der Waals surface area contributed by atoms with Gasteiger partial charge in [-0.2, -0.15) is 0 Å². The van der Waals surface area contributed by atoms with Crippen LogP contribution in [0.4, 0.5) is 0 Å². The van der Waals surface area contributed by atoms with E-state index in [1.165, 1.54) is 6.42 Å². The van der Waals surface area contributed by atoms with Gasteiger partial charge in [-0.1, -0.05) is 26.2 Å². The molecule has 0 bridgehead atoms. The Balaban J connectivity index is 1.92. The molecule has 0 radical (unpaired) electrons. The van der Waals surface area contributed by atoms with Crippen molar-refractivity contribution >= 4 is 11.8 Å². The summed E-state index contributed by atoms with van der Waals surface area (Å²) in [7, 11) is 0. The molecule has 5 nitrogen and oxygen atoms in total. The van der Waals surface area contributed by atoms with Crippen molar-refractivity contribution in [1.82, 2.24) is 10.6 Å². The summed E-state index contributed by atoms with van der Waals surface area (Å²) in [5, 5.41) is 15.6. The van der Waals surface area contributed by atoms with Crippen LogP contribution < -0.4 is 10.6 Å². The normalized spacial score (nSPS) is 28.5. The Labute approximate surface area is 126 Å². The number of amides is 2. The summed E-state index contributed by atoms with van der Waals surface area (Å²) in [6.07, 6.45) is 6.46. The van der Waals surface area contributed by atoms with Gasteiger partial charge in [0.15, 0.2) is 0 Å². The van der Waals surface area contributed by atoms with E-state index in [2.05, 4.69) is 17.6 Å². The molecular formula is C16H28N2O3. The van der Waals surface area contributed by atoms with Crippen molar-refractivity contribution in [2.75, 3.05) is 0 Å². The van der Waals surface area contributed by atoms with Crippen LogP contribution in [-0.4, -0.2) is 35.1 Å². The molecule has 0 aromatic heterocycles. The topological polar surface area (TPSA) is 78.4 Å². The Morgan fingerprint density at radius 1 is 1.19 bits per heavy atom. The number of hydrogen-bond donors (Lipinski definition) is 3. The van der Waals surface area contributed by atoms with Crippen LogP contribution in [0.5, 0.6) is 0 Å². The van der Waals surface area contributed by atoms with Gasteiger partial charge in [-0.15, -0.1) is 0 Å². The molecule has 3 N–H and O–H groups in total. The van der Waals surface area contributed by atoms with Gasteiger partial charge in [-0.3, -0.25) is 9.59 Å². The summed E-state index contributed by atoms with van der Waals surface area (Å²) in [6, 6.07) is -0.659. The van der Waals surface area contributed by atoms with Gasteiger partial charge < -0.3 is 15.7 Å². The maximum atomic E-state index is 12.4. The van der Waals surface area contributed by atoms with Gasteiger partial charge in [0.25, 0.3) is 0 Å². The SMILES string of the molecule is CCC1CCCCC1NC(=O)C(NC(=O)C1CC1)C(C)O. The van der Waals surface area contributed by atoms with Gasteiger partial charge in [0, 0.05) is 12.0 Å². The molecular weight excluding hydrogens is 268 g/mol. The number of aliphatic hydroxyl groups is 1. The van der Waals surface area contributed by atoms with Crippen molar-refractivity contribution < 1.29 is 14.7 Å². The van der Waals surface area contributed by atoms with E-state index in [-0.39, 0.29) is 23.8 Å². The molecule has 0 saturated heterocycles. The van der Waals surface area contributed by atoms with E-state index in [9.17, 15) is 14.7 Å². The zero-order valence-electron chi connectivity index (χ0n) is 13.1. The van der Waals surface area contributed by atoms with Gasteiger partial charge in [0.2, 0.25) is 11.8 Å². The monoisotopic (exact) mass is 296 g/mol. The summed E-state index contributed by atoms with van der Waals surface area (Å²) in [5.74, 6) is 0.199. The first-order valence-corrected chi connectivity index (χ1v) is 8.31. The van der Waals surface area contributed by atoms with E-state index >= 15 is 0 Å². The molecule has 0 aliphatic heterocycles. The second kappa shape index (κ2) is 7.25. The van der Waals surface area contributed by atoms with Crippen LogP contribution in [0.3, 0.4) is 0 Å². The summed E-state index contributed by atoms with van der Waals surface area (Å²) < 4.78 is 0. The Morgan fingerprint density at radius 2 is 1.86 bits per heavy atom. The predicted octanol–water partition coefficient (Wildman–Crippen LogP) is 1.35. The third-order valence-corrected chi connectivity index (χ3v) is 4.77. The van der Waals surface area contributed by atoms with Gasteiger partial charge in [-0.05, 0) is 38.5 Å². The lowest BCUT2D eigenvalue weighted by atomic mass is 9.82. The number of carbonyl (C=O) groups excluding carboxylic acids is 2. The van der Waals surface area contributed by atoms with Crippen LogP contribution in [0.2, 0.25) is 0 Å². The Kier molecular flexibility index (Phi) is 5.62. The number of carbonyl (C=O) groups is 2. The van der Waals surface area contributed by atoms with Crippen molar-refractivity contribution in [2.24, 2.45) is 11.8 Å². The van der Waals surface area contributed by atoms with E-state index in [0.29, 0.717) is 5.92 Å². The van der Waals surface area contributed by atoms with Gasteiger partial charge in [-0.25, -0.2) is 0 Å². The van der Waals surface area contributed by atoms with E-state index < -0.39 is 12.1 Å². The van der Waals surface area contributed by atoms with Crippen LogP contribution in [0.15, 0.2) is 0 Å². The number of hydrogen-bond acceptors (Lipinski definition) is 3. The molecule has 2 amide bonds. The highest BCUT2D eigenvalue weighted by atomic mass is 16.3. The summed E-state index contributed by atoms with van der Waals surface area (Å²) >= 11 is 0. The molecule has 2 aliphatic carbocycles. The highest BCUT2D eigenvalue weighted by Gasteiger charge is 2.35. The largest absolute Gasteiger partial charge is 0.391 e. The average molecular weight is 296 g/mol. The fourth-order valence-corrected chi connectivity index (χ4v) is 3.18. The van der Waals surface area contributed by atoms with Crippen LogP contribution in [-0.2, 0) is 9.59 Å². The van der Waals surface area contributed by atoms with Crippen LogP contribution in [0.25, 0.3) is 0 Å². The van der Waals surface area contributed by atoms with Crippen molar-refractivity contribution in [3.05, 3.63) is 0 Å². The Bertz CT molecular complexity index is 380. The summed E-state index contributed by atoms with van der Waals surface area (Å²) in [6.45, 7) is 3.70. The first-order chi connectivity index (χ1) is 10.0. The predicted molar refractivity (Wildman–Crippen MR) is 80.5 cm³/mol. The Hall–Kier alpha value is -1.10. The highest BCUT2D eigenvalue weighted by Crippen LogP contribution is 2.29. The summed E-state index contributed by atoms with van der Waals surface area (Å²) in [5.41, 5.74) is 0. The molecule has 2 rings (SSSR count). The highest BCUT2D eigenvalue weighted by molar-refractivity contribution is 5.89. The average Bonchev–Trinajstić information content (AvgIpc) is 3.29. The molecule has 2 saturated carbocycles. The quantitative estimate of drug-likeness (QED) is 0.692. The second-order valence-corrected chi connectivity index (χ2v) is 6.57. The van der Waals surface area contributed by atoms with E-state index in [0.717, 1.165) is 38.5 Å². The molecule has 0 aromatic rings. The first kappa shape index (κ1) is 16.3. The minimum Gasteiger partial charge on any atom is -0.391 e. The van der Waals surface area contributed by atoms with Gasteiger partial charge in [0.1, 0.15) is 6.04 Å². The van der Waals surface area contributed by atoms with Crippen LogP contribution >= 0.6 is 0 Å². The van der Waals surface area contributed by atoms with Crippen molar-refractivity contribution in [2.45, 2.75) is 77.0 Å². The van der Waals surface area contributed by atoms with Gasteiger partial charge >= 0.3 is 0 Å². The second-order valence-electron chi connectivity index (χ2n) is 6.57. The molecule has 21 heavy (non-hydrogen) atoms. The molecule has 0 heterocycles. The lowest BCUT2D eigenvalue weighted by Gasteiger charge is -2.33. The molecule has 2 fully saturated rings. The lowest BCUT2D eigenvalue weighted by Crippen LogP contribution is -2.56. The van der Waals surface area contributed by atoms with Crippen LogP contribution in [0, 0.1) is 11.8 Å². The van der Waals surface area contributed by atoms with E-state index in [1.807, 2.05) is 0 Å². The molecule has 120 valence electrons. The maximum Gasteiger partial charge on any atom is 0.245 e. The molecule has 2 aliphatic rings. The molecule has 5 heteroatoms. The standard InChI is InChI=1S/C16H28N2O3/c1-3-11-6-4-5-7-13(11)17-16(21)14(10(2)19)18-15(20)12-8-9-12/h10-14,19H,3-9H2,1-2H3,(H,17,21)(H,18,20). The number of nitrogens with one attached hydrogen (secondary N) is 2. The lowest BCUT2D eigenvalue weighted by molar-refractivity contribution is -0.133. The molecule has 4 atom stereocenters. The fraction of sp³-hybridized carbons (Fsp3) is 0.875. The minimum atomic E-state index is -0.878. The Morgan fingerprint density at radius 3 is 2.43 bits per heavy atom. The van der Waals surface area contributed by atoms with Gasteiger partial charge in [0.05, 0.1) is 6.10 Å². The van der Waals surface area contributed by atoms with E-state index in [4.69, 9.17) is 0 Å². The zero-order valence-corrected chi connectivity index (χ0v) is 13.1. The number of rotatable bonds is 6. The fourth-order valence-electron chi connectivity index (χ4n) is 3.18. The third-order valence-electron chi connectivity index (χ3n) is 4.77. The first-order valence-electron chi connectivity index (χ1n) is 8.31. The number of aliphatic hydroxyl groups excluding tert-OH is 1. The third kappa shape index (κ3) is 4.43. The van der Waals surface area contributed by atoms with Crippen molar-refractivity contribution in [1.29, 1.82) is 0 Å². The van der Waals surface area contributed by atoms with Crippen molar-refractivity contribution in [3.8, 4) is 0 Å². The minimum absolute atomic E-state index is 0.0390. The summed E-state index contributed by atoms with van der Waals surface area (Å²) in [4.78, 5) is 24.2. The molecule has 4 unspecified atom stereocenters. The molecule has 0 aromatic carbocycles. The van der Waals surface area contributed by atoms with Crippen molar-refractivity contribution in [3.63, 3.8) is 0 Å². The van der Waals surface area contributed by atoms with Crippen LogP contribution in [0.1, 0.15) is 58.8 Å². The zero-order chi connectivity index (χ0) is 15.4. The molecule has 0 spiro atoms. The smallest absolute Gasteiger partial charge is 0.245 e. The maximum absolute atomic E-state index is 12.4. The van der Waals surface area contributed by atoms with E-state index in [1.54, 1.807) is 6.92 Å².